The number of hydrogen-bond donors (Lipinski definition) is 1. The van der Waals surface area contributed by atoms with Crippen LogP contribution in [-0.4, -0.2) is 36.7 Å². The third-order valence-electron chi connectivity index (χ3n) is 3.65. The number of amides is 2. The molecular formula is C17H20N2O4. The zero-order valence-corrected chi connectivity index (χ0v) is 13.0. The second kappa shape index (κ2) is 7.09. The molecule has 2 heterocycles. The zero-order chi connectivity index (χ0) is 16.1. The highest BCUT2D eigenvalue weighted by atomic mass is 16.6. The third kappa shape index (κ3) is 3.77. The number of carbonyl (C=O) groups excluding carboxylic acids is 1. The Morgan fingerprint density at radius 2 is 2.09 bits per heavy atom. The number of fused-ring (bicyclic) bond motifs is 1. The van der Waals surface area contributed by atoms with E-state index in [9.17, 15) is 4.79 Å². The van der Waals surface area contributed by atoms with Gasteiger partial charge in [0.15, 0.2) is 17.6 Å². The van der Waals surface area contributed by atoms with Crippen molar-refractivity contribution in [2.24, 2.45) is 0 Å². The Hall–Kier alpha value is -2.63. The van der Waals surface area contributed by atoms with Crippen LogP contribution in [0.4, 0.5) is 4.79 Å². The van der Waals surface area contributed by atoms with Gasteiger partial charge < -0.3 is 24.1 Å². The van der Waals surface area contributed by atoms with Gasteiger partial charge in [0.05, 0.1) is 19.4 Å². The summed E-state index contributed by atoms with van der Waals surface area (Å²) < 4.78 is 16.8. The lowest BCUT2D eigenvalue weighted by atomic mass is 10.2. The molecular weight excluding hydrogens is 296 g/mol. The van der Waals surface area contributed by atoms with Crippen molar-refractivity contribution in [3.8, 4) is 11.5 Å². The summed E-state index contributed by atoms with van der Waals surface area (Å²) in [6, 6.07) is 11.0. The second-order valence-corrected chi connectivity index (χ2v) is 5.27. The third-order valence-corrected chi connectivity index (χ3v) is 3.65. The molecule has 0 radical (unpaired) electrons. The molecule has 6 heteroatoms. The number of likely N-dealkylation sites (N-methyl/N-ethyl adjacent to an activating group) is 1. The maximum atomic E-state index is 12.3. The van der Waals surface area contributed by atoms with Crippen LogP contribution in [0, 0.1) is 0 Å². The fourth-order valence-electron chi connectivity index (χ4n) is 2.44. The van der Waals surface area contributed by atoms with Gasteiger partial charge in [-0.05, 0) is 31.2 Å². The van der Waals surface area contributed by atoms with Crippen LogP contribution in [0.1, 0.15) is 12.7 Å². The number of furan rings is 1. The number of ether oxygens (including phenoxy) is 2. The fraction of sp³-hybridized carbons (Fsp3) is 0.353. The molecule has 0 aliphatic carbocycles. The molecule has 1 aromatic carbocycles. The Kier molecular flexibility index (Phi) is 4.71. The minimum Gasteiger partial charge on any atom is -0.486 e. The quantitative estimate of drug-likeness (QED) is 0.921. The van der Waals surface area contributed by atoms with Gasteiger partial charge >= 0.3 is 6.03 Å². The van der Waals surface area contributed by atoms with Crippen LogP contribution in [0.5, 0.6) is 11.5 Å². The van der Waals surface area contributed by atoms with Crippen LogP contribution in [-0.2, 0) is 6.54 Å². The van der Waals surface area contributed by atoms with Crippen LogP contribution in [0.25, 0.3) is 0 Å². The Bertz CT molecular complexity index is 642. The van der Waals surface area contributed by atoms with E-state index in [0.717, 1.165) is 17.3 Å². The molecule has 6 nitrogen and oxygen atoms in total. The molecule has 1 atom stereocenters. The first-order valence-corrected chi connectivity index (χ1v) is 7.70. The number of para-hydroxylation sites is 2. The summed E-state index contributed by atoms with van der Waals surface area (Å²) in [5.41, 5.74) is 0. The van der Waals surface area contributed by atoms with E-state index < -0.39 is 0 Å². The van der Waals surface area contributed by atoms with E-state index in [-0.39, 0.29) is 12.1 Å². The number of hydrogen-bond acceptors (Lipinski definition) is 4. The molecule has 2 aromatic rings. The Balaban J connectivity index is 1.54. The predicted molar refractivity (Wildman–Crippen MR) is 84.5 cm³/mol. The lowest BCUT2D eigenvalue weighted by Gasteiger charge is -2.30. The van der Waals surface area contributed by atoms with Crippen LogP contribution in [0.3, 0.4) is 0 Å². The largest absolute Gasteiger partial charge is 0.486 e. The highest BCUT2D eigenvalue weighted by molar-refractivity contribution is 5.74. The number of benzene rings is 1. The number of rotatable bonds is 5. The summed E-state index contributed by atoms with van der Waals surface area (Å²) in [6.45, 7) is 3.79. The molecule has 3 rings (SSSR count). The van der Waals surface area contributed by atoms with Crippen molar-refractivity contribution in [1.82, 2.24) is 10.2 Å². The lowest BCUT2D eigenvalue weighted by Crippen LogP contribution is -2.47. The van der Waals surface area contributed by atoms with E-state index in [1.165, 1.54) is 0 Å². The predicted octanol–water partition coefficient (Wildman–Crippen LogP) is 2.65. The van der Waals surface area contributed by atoms with E-state index in [0.29, 0.717) is 26.2 Å². The van der Waals surface area contributed by atoms with Crippen molar-refractivity contribution >= 4 is 6.03 Å². The number of carbonyl (C=O) groups is 1. The first kappa shape index (κ1) is 15.3. The van der Waals surface area contributed by atoms with Crippen molar-refractivity contribution < 1.29 is 18.7 Å². The van der Waals surface area contributed by atoms with Crippen LogP contribution in [0.15, 0.2) is 47.1 Å². The summed E-state index contributed by atoms with van der Waals surface area (Å²) >= 11 is 0. The number of urea groups is 1. The van der Waals surface area contributed by atoms with E-state index in [1.54, 1.807) is 17.2 Å². The van der Waals surface area contributed by atoms with Gasteiger partial charge in [-0.25, -0.2) is 4.79 Å². The highest BCUT2D eigenvalue weighted by Crippen LogP contribution is 2.30. The average Bonchev–Trinajstić information content (AvgIpc) is 3.11. The van der Waals surface area contributed by atoms with Gasteiger partial charge in [0, 0.05) is 6.54 Å². The van der Waals surface area contributed by atoms with Crippen molar-refractivity contribution in [2.75, 3.05) is 19.7 Å². The minimum atomic E-state index is -0.181. The normalized spacial score (nSPS) is 16.0. The fourth-order valence-corrected chi connectivity index (χ4v) is 2.44. The van der Waals surface area contributed by atoms with Crippen molar-refractivity contribution in [2.45, 2.75) is 19.6 Å². The molecule has 1 N–H and O–H groups in total. The summed E-state index contributed by atoms with van der Waals surface area (Å²) in [6.07, 6.45) is 1.41. The first-order chi connectivity index (χ1) is 11.3. The SMILES string of the molecule is CCN(CC1COc2ccccc2O1)C(=O)NCc1ccco1. The molecule has 122 valence electrons. The molecule has 0 bridgehead atoms. The van der Waals surface area contributed by atoms with Crippen LogP contribution < -0.4 is 14.8 Å². The zero-order valence-electron chi connectivity index (χ0n) is 13.0. The molecule has 2 amide bonds. The standard InChI is InChI=1S/C17H20N2O4/c1-2-19(17(20)18-10-13-6-5-9-21-13)11-14-12-22-15-7-3-4-8-16(15)23-14/h3-9,14H,2,10-12H2,1H3,(H,18,20). The van der Waals surface area contributed by atoms with Crippen molar-refractivity contribution in [1.29, 1.82) is 0 Å². The van der Waals surface area contributed by atoms with E-state index >= 15 is 0 Å². The maximum Gasteiger partial charge on any atom is 0.317 e. The van der Waals surface area contributed by atoms with Gasteiger partial charge in [0.2, 0.25) is 0 Å². The van der Waals surface area contributed by atoms with E-state index in [4.69, 9.17) is 13.9 Å². The Morgan fingerprint density at radius 3 is 2.83 bits per heavy atom. The molecule has 1 unspecified atom stereocenters. The lowest BCUT2D eigenvalue weighted by molar-refractivity contribution is 0.0674. The highest BCUT2D eigenvalue weighted by Gasteiger charge is 2.24. The Morgan fingerprint density at radius 1 is 1.26 bits per heavy atom. The topological polar surface area (TPSA) is 63.9 Å². The van der Waals surface area contributed by atoms with Gasteiger partial charge in [-0.3, -0.25) is 0 Å². The van der Waals surface area contributed by atoms with Gasteiger partial charge in [-0.1, -0.05) is 12.1 Å². The van der Waals surface area contributed by atoms with E-state index in [2.05, 4.69) is 5.32 Å². The van der Waals surface area contributed by atoms with Gasteiger partial charge in [-0.15, -0.1) is 0 Å². The molecule has 0 spiro atoms. The van der Waals surface area contributed by atoms with Crippen LogP contribution >= 0.6 is 0 Å². The summed E-state index contributed by atoms with van der Waals surface area (Å²) in [7, 11) is 0. The Labute approximate surface area is 135 Å². The monoisotopic (exact) mass is 316 g/mol. The summed E-state index contributed by atoms with van der Waals surface area (Å²) in [5, 5.41) is 2.84. The smallest absolute Gasteiger partial charge is 0.317 e. The second-order valence-electron chi connectivity index (χ2n) is 5.27. The molecule has 0 fully saturated rings. The van der Waals surface area contributed by atoms with Gasteiger partial charge in [0.25, 0.3) is 0 Å². The molecule has 0 saturated heterocycles. The van der Waals surface area contributed by atoms with Gasteiger partial charge in [0.1, 0.15) is 12.4 Å². The number of nitrogens with one attached hydrogen (secondary N) is 1. The van der Waals surface area contributed by atoms with E-state index in [1.807, 2.05) is 37.3 Å². The number of nitrogens with zero attached hydrogens (tertiary/aromatic N) is 1. The maximum absolute atomic E-state index is 12.3. The first-order valence-electron chi connectivity index (χ1n) is 7.70. The van der Waals surface area contributed by atoms with Crippen molar-refractivity contribution in [3.63, 3.8) is 0 Å². The van der Waals surface area contributed by atoms with Crippen LogP contribution in [0.2, 0.25) is 0 Å². The molecule has 1 aliphatic heterocycles. The molecule has 1 aromatic heterocycles. The summed E-state index contributed by atoms with van der Waals surface area (Å²) in [4.78, 5) is 14.0. The van der Waals surface area contributed by atoms with Crippen molar-refractivity contribution in [3.05, 3.63) is 48.4 Å². The average molecular weight is 316 g/mol. The van der Waals surface area contributed by atoms with Gasteiger partial charge in [-0.2, -0.15) is 0 Å². The molecule has 1 aliphatic rings. The summed E-state index contributed by atoms with van der Waals surface area (Å²) in [5.74, 6) is 2.19. The minimum absolute atomic E-state index is 0.147. The molecule has 0 saturated carbocycles. The molecule has 23 heavy (non-hydrogen) atoms.